The summed E-state index contributed by atoms with van der Waals surface area (Å²) in [6.45, 7) is 4.42. The van der Waals surface area contributed by atoms with Crippen LogP contribution in [0.5, 0.6) is 11.5 Å². The molecule has 3 N–H and O–H groups in total. The Labute approximate surface area is 122 Å². The predicted molar refractivity (Wildman–Crippen MR) is 82.9 cm³/mol. The number of nitrogens with one attached hydrogen (secondary N) is 1. The molecule has 0 amide bonds. The fourth-order valence-electron chi connectivity index (χ4n) is 2.64. The molecule has 0 fully saturated rings. The second-order valence-electron chi connectivity index (χ2n) is 5.06. The zero-order chi connectivity index (χ0) is 15.0. The molecule has 2 atom stereocenters. The van der Waals surface area contributed by atoms with Crippen molar-refractivity contribution in [3.63, 3.8) is 0 Å². The van der Waals surface area contributed by atoms with Crippen LogP contribution in [0.2, 0.25) is 0 Å². The molecule has 4 heteroatoms. The molecular weight excluding hydrogens is 252 g/mol. The highest BCUT2D eigenvalue weighted by molar-refractivity contribution is 5.42. The van der Waals surface area contributed by atoms with Crippen LogP contribution in [-0.2, 0) is 0 Å². The Bertz CT molecular complexity index is 396. The van der Waals surface area contributed by atoms with Gasteiger partial charge in [0.2, 0.25) is 0 Å². The predicted octanol–water partition coefficient (Wildman–Crippen LogP) is 3.42. The SMILES string of the molecule is CCCCC(CC)C(NN)c1cc(OC)ccc1OC. The lowest BCUT2D eigenvalue weighted by Gasteiger charge is -2.27. The maximum Gasteiger partial charge on any atom is 0.123 e. The molecule has 20 heavy (non-hydrogen) atoms. The number of benzene rings is 1. The first-order valence-electron chi connectivity index (χ1n) is 7.39. The van der Waals surface area contributed by atoms with Crippen molar-refractivity contribution in [2.24, 2.45) is 11.8 Å². The third kappa shape index (κ3) is 4.12. The van der Waals surface area contributed by atoms with Crippen molar-refractivity contribution in [1.29, 1.82) is 0 Å². The zero-order valence-corrected chi connectivity index (χ0v) is 13.1. The van der Waals surface area contributed by atoms with E-state index >= 15 is 0 Å². The second-order valence-corrected chi connectivity index (χ2v) is 5.06. The minimum atomic E-state index is 0.0802. The molecule has 1 aromatic carbocycles. The van der Waals surface area contributed by atoms with E-state index in [0.29, 0.717) is 5.92 Å². The minimum absolute atomic E-state index is 0.0802. The van der Waals surface area contributed by atoms with Gasteiger partial charge >= 0.3 is 0 Å². The molecule has 4 nitrogen and oxygen atoms in total. The Kier molecular flexibility index (Phi) is 7.41. The lowest BCUT2D eigenvalue weighted by Crippen LogP contribution is -2.33. The van der Waals surface area contributed by atoms with Gasteiger partial charge in [0.05, 0.1) is 20.3 Å². The van der Waals surface area contributed by atoms with Crippen LogP contribution >= 0.6 is 0 Å². The van der Waals surface area contributed by atoms with Gasteiger partial charge in [-0.15, -0.1) is 0 Å². The molecule has 0 aliphatic rings. The van der Waals surface area contributed by atoms with E-state index in [-0.39, 0.29) is 6.04 Å². The normalized spacial score (nSPS) is 13.8. The molecule has 0 radical (unpaired) electrons. The Morgan fingerprint density at radius 1 is 1.20 bits per heavy atom. The topological polar surface area (TPSA) is 56.5 Å². The van der Waals surface area contributed by atoms with Gasteiger partial charge in [-0.05, 0) is 30.5 Å². The highest BCUT2D eigenvalue weighted by Gasteiger charge is 2.23. The van der Waals surface area contributed by atoms with Crippen LogP contribution in [0.15, 0.2) is 18.2 Å². The van der Waals surface area contributed by atoms with Crippen LogP contribution in [0.1, 0.15) is 51.1 Å². The Morgan fingerprint density at radius 3 is 2.45 bits per heavy atom. The molecule has 0 bridgehead atoms. The van der Waals surface area contributed by atoms with Crippen molar-refractivity contribution < 1.29 is 9.47 Å². The van der Waals surface area contributed by atoms with Crippen molar-refractivity contribution in [1.82, 2.24) is 5.43 Å². The molecule has 0 saturated heterocycles. The largest absolute Gasteiger partial charge is 0.497 e. The number of nitrogens with two attached hydrogens (primary N) is 1. The monoisotopic (exact) mass is 280 g/mol. The molecule has 0 aromatic heterocycles. The number of unbranched alkanes of at least 4 members (excludes halogenated alkanes) is 1. The first-order chi connectivity index (χ1) is 9.71. The van der Waals surface area contributed by atoms with Crippen LogP contribution in [0.25, 0.3) is 0 Å². The van der Waals surface area contributed by atoms with Gasteiger partial charge in [0.1, 0.15) is 11.5 Å². The molecule has 0 saturated carbocycles. The number of ether oxygens (including phenoxy) is 2. The number of methoxy groups -OCH3 is 2. The third-order valence-corrected chi connectivity index (χ3v) is 3.88. The van der Waals surface area contributed by atoms with Gasteiger partial charge in [0, 0.05) is 5.56 Å². The number of hydrogen-bond acceptors (Lipinski definition) is 4. The number of hydrazine groups is 1. The summed E-state index contributed by atoms with van der Waals surface area (Å²) < 4.78 is 10.8. The summed E-state index contributed by atoms with van der Waals surface area (Å²) in [5.74, 6) is 7.98. The van der Waals surface area contributed by atoms with Crippen molar-refractivity contribution in [2.45, 2.75) is 45.6 Å². The average Bonchev–Trinajstić information content (AvgIpc) is 2.50. The summed E-state index contributed by atoms with van der Waals surface area (Å²) in [7, 11) is 3.36. The van der Waals surface area contributed by atoms with Gasteiger partial charge in [0.15, 0.2) is 0 Å². The van der Waals surface area contributed by atoms with Crippen molar-refractivity contribution in [3.05, 3.63) is 23.8 Å². The number of rotatable bonds is 9. The van der Waals surface area contributed by atoms with Gasteiger partial charge in [-0.1, -0.05) is 33.1 Å². The van der Waals surface area contributed by atoms with E-state index in [2.05, 4.69) is 19.3 Å². The fourth-order valence-corrected chi connectivity index (χ4v) is 2.64. The van der Waals surface area contributed by atoms with Crippen molar-refractivity contribution in [2.75, 3.05) is 14.2 Å². The molecule has 1 rings (SSSR count). The van der Waals surface area contributed by atoms with Gasteiger partial charge < -0.3 is 9.47 Å². The van der Waals surface area contributed by atoms with E-state index in [4.69, 9.17) is 15.3 Å². The summed E-state index contributed by atoms with van der Waals surface area (Å²) in [6.07, 6.45) is 4.64. The van der Waals surface area contributed by atoms with Crippen molar-refractivity contribution >= 4 is 0 Å². The quantitative estimate of drug-likeness (QED) is 0.537. The van der Waals surface area contributed by atoms with E-state index < -0.39 is 0 Å². The van der Waals surface area contributed by atoms with Gasteiger partial charge in [-0.3, -0.25) is 11.3 Å². The van der Waals surface area contributed by atoms with Gasteiger partial charge in [-0.2, -0.15) is 0 Å². The molecule has 0 heterocycles. The van der Waals surface area contributed by atoms with Crippen molar-refractivity contribution in [3.8, 4) is 11.5 Å². The fraction of sp³-hybridized carbons (Fsp3) is 0.625. The summed E-state index contributed by atoms with van der Waals surface area (Å²) in [5.41, 5.74) is 4.04. The van der Waals surface area contributed by atoms with E-state index in [9.17, 15) is 0 Å². The molecule has 0 aliphatic carbocycles. The minimum Gasteiger partial charge on any atom is -0.497 e. The van der Waals surface area contributed by atoms with Gasteiger partial charge in [0.25, 0.3) is 0 Å². The van der Waals surface area contributed by atoms with Crippen LogP contribution in [0.3, 0.4) is 0 Å². The van der Waals surface area contributed by atoms with Crippen LogP contribution in [0.4, 0.5) is 0 Å². The lowest BCUT2D eigenvalue weighted by atomic mass is 9.87. The van der Waals surface area contributed by atoms with Crippen LogP contribution < -0.4 is 20.7 Å². The molecule has 0 spiro atoms. The summed E-state index contributed by atoms with van der Waals surface area (Å²) in [6, 6.07) is 5.93. The maximum atomic E-state index is 5.82. The third-order valence-electron chi connectivity index (χ3n) is 3.88. The van der Waals surface area contributed by atoms with Crippen LogP contribution in [-0.4, -0.2) is 14.2 Å². The van der Waals surface area contributed by atoms with Crippen LogP contribution in [0, 0.1) is 5.92 Å². The van der Waals surface area contributed by atoms with E-state index in [1.165, 1.54) is 12.8 Å². The lowest BCUT2D eigenvalue weighted by molar-refractivity contribution is 0.312. The zero-order valence-electron chi connectivity index (χ0n) is 13.1. The smallest absolute Gasteiger partial charge is 0.123 e. The maximum absolute atomic E-state index is 5.82. The standard InChI is InChI=1S/C16H28N2O2/c1-5-7-8-12(6-2)16(18-17)14-11-13(19-3)9-10-15(14)20-4/h9-12,16,18H,5-8,17H2,1-4H3. The Hall–Kier alpha value is -1.26. The highest BCUT2D eigenvalue weighted by atomic mass is 16.5. The highest BCUT2D eigenvalue weighted by Crippen LogP contribution is 2.36. The van der Waals surface area contributed by atoms with E-state index in [0.717, 1.165) is 29.9 Å². The summed E-state index contributed by atoms with van der Waals surface area (Å²) in [5, 5.41) is 0. The Balaban J connectivity index is 3.07. The summed E-state index contributed by atoms with van der Waals surface area (Å²) in [4.78, 5) is 0. The van der Waals surface area contributed by atoms with Gasteiger partial charge in [-0.25, -0.2) is 0 Å². The second kappa shape index (κ2) is 8.82. The first-order valence-corrected chi connectivity index (χ1v) is 7.39. The number of hydrogen-bond donors (Lipinski definition) is 2. The molecule has 1 aromatic rings. The Morgan fingerprint density at radius 2 is 1.95 bits per heavy atom. The first kappa shape index (κ1) is 16.8. The average molecular weight is 280 g/mol. The van der Waals surface area contributed by atoms with E-state index in [1.54, 1.807) is 14.2 Å². The summed E-state index contributed by atoms with van der Waals surface area (Å²) >= 11 is 0. The molecular formula is C16H28N2O2. The van der Waals surface area contributed by atoms with E-state index in [1.807, 2.05) is 18.2 Å². The molecule has 0 aliphatic heterocycles. The molecule has 2 unspecified atom stereocenters. The molecule has 114 valence electrons.